The van der Waals surface area contributed by atoms with Crippen LogP contribution in [0.15, 0.2) is 72.8 Å². The monoisotopic (exact) mass is 458 g/mol. The number of carbonyl (C=O) groups is 1. The van der Waals surface area contributed by atoms with E-state index in [4.69, 9.17) is 4.74 Å². The Morgan fingerprint density at radius 3 is 2.32 bits per heavy atom. The van der Waals surface area contributed by atoms with Crippen molar-refractivity contribution in [2.75, 3.05) is 0 Å². The number of hydrogen-bond acceptors (Lipinski definition) is 2. The van der Waals surface area contributed by atoms with Gasteiger partial charge >= 0.3 is 5.97 Å². The normalized spacial score (nSPS) is 18.9. The van der Waals surface area contributed by atoms with Crippen molar-refractivity contribution in [3.63, 3.8) is 0 Å². The molecule has 1 aliphatic carbocycles. The molecule has 0 heterocycles. The Morgan fingerprint density at radius 1 is 0.971 bits per heavy atom. The van der Waals surface area contributed by atoms with Gasteiger partial charge in [0.05, 0.1) is 5.92 Å². The van der Waals surface area contributed by atoms with Gasteiger partial charge in [0, 0.05) is 6.07 Å². The second-order valence-corrected chi connectivity index (χ2v) is 9.73. The zero-order chi connectivity index (χ0) is 23.9. The van der Waals surface area contributed by atoms with Crippen molar-refractivity contribution in [3.8, 4) is 5.75 Å². The maximum Gasteiger partial charge on any atom is 0.314 e. The van der Waals surface area contributed by atoms with E-state index in [1.807, 2.05) is 6.92 Å². The maximum atomic E-state index is 14.2. The van der Waals surface area contributed by atoms with Gasteiger partial charge in [-0.15, -0.1) is 0 Å². The molecule has 3 heteroatoms. The molecule has 3 aromatic rings. The lowest BCUT2D eigenvalue weighted by atomic mass is 9.78. The summed E-state index contributed by atoms with van der Waals surface area (Å²) >= 11 is 0. The molecule has 34 heavy (non-hydrogen) atoms. The fourth-order valence-corrected chi connectivity index (χ4v) is 5.10. The Kier molecular flexibility index (Phi) is 8.16. The number of hydrogen-bond donors (Lipinski definition) is 0. The highest BCUT2D eigenvalue weighted by atomic mass is 19.1. The van der Waals surface area contributed by atoms with Gasteiger partial charge in [-0.3, -0.25) is 4.79 Å². The summed E-state index contributed by atoms with van der Waals surface area (Å²) in [4.78, 5) is 12.7. The van der Waals surface area contributed by atoms with E-state index < -0.39 is 0 Å². The van der Waals surface area contributed by atoms with Crippen LogP contribution in [-0.4, -0.2) is 5.97 Å². The molecule has 1 unspecified atom stereocenters. The summed E-state index contributed by atoms with van der Waals surface area (Å²) in [5, 5.41) is 0. The van der Waals surface area contributed by atoms with Crippen LogP contribution < -0.4 is 4.74 Å². The third kappa shape index (κ3) is 6.14. The van der Waals surface area contributed by atoms with Crippen molar-refractivity contribution in [2.45, 2.75) is 70.6 Å². The Morgan fingerprint density at radius 2 is 1.68 bits per heavy atom. The molecule has 2 nitrogen and oxygen atoms in total. The van der Waals surface area contributed by atoms with Crippen molar-refractivity contribution in [1.29, 1.82) is 0 Å². The van der Waals surface area contributed by atoms with Gasteiger partial charge in [0.2, 0.25) is 0 Å². The summed E-state index contributed by atoms with van der Waals surface area (Å²) in [6, 6.07) is 24.5. The summed E-state index contributed by atoms with van der Waals surface area (Å²) in [5.74, 6) is 0.648. The molecular weight excluding hydrogens is 423 g/mol. The van der Waals surface area contributed by atoms with Gasteiger partial charge < -0.3 is 4.74 Å². The smallest absolute Gasteiger partial charge is 0.314 e. The molecule has 1 aliphatic rings. The highest BCUT2D eigenvalue weighted by Crippen LogP contribution is 2.37. The zero-order valence-electron chi connectivity index (χ0n) is 20.3. The molecule has 0 N–H and O–H groups in total. The third-order valence-electron chi connectivity index (χ3n) is 7.18. The fraction of sp³-hybridized carbons (Fsp3) is 0.387. The van der Waals surface area contributed by atoms with Crippen LogP contribution in [0.5, 0.6) is 5.75 Å². The SMILES string of the molecule is CCCc1ccc(OC(=O)C2CCC(c3ccc(CC(C)c4ccccc4)cc3)CC2)cc1F. The van der Waals surface area contributed by atoms with Crippen LogP contribution in [-0.2, 0) is 17.6 Å². The van der Waals surface area contributed by atoms with Crippen molar-refractivity contribution in [3.05, 3.63) is 101 Å². The van der Waals surface area contributed by atoms with Crippen molar-refractivity contribution < 1.29 is 13.9 Å². The number of benzene rings is 3. The van der Waals surface area contributed by atoms with E-state index in [2.05, 4.69) is 61.5 Å². The summed E-state index contributed by atoms with van der Waals surface area (Å²) in [6.07, 6.45) is 6.18. The summed E-state index contributed by atoms with van der Waals surface area (Å²) in [5.41, 5.74) is 4.76. The topological polar surface area (TPSA) is 26.3 Å². The van der Waals surface area contributed by atoms with E-state index >= 15 is 0 Å². The van der Waals surface area contributed by atoms with Gasteiger partial charge in [0.25, 0.3) is 0 Å². The van der Waals surface area contributed by atoms with Gasteiger partial charge in [-0.1, -0.05) is 80.9 Å². The molecule has 0 saturated heterocycles. The largest absolute Gasteiger partial charge is 0.426 e. The lowest BCUT2D eigenvalue weighted by molar-refractivity contribution is -0.140. The number of carbonyl (C=O) groups excluding carboxylic acids is 1. The summed E-state index contributed by atoms with van der Waals surface area (Å²) in [7, 11) is 0. The molecule has 1 atom stereocenters. The first-order chi connectivity index (χ1) is 16.5. The zero-order valence-corrected chi connectivity index (χ0v) is 20.3. The molecule has 4 rings (SSSR count). The number of esters is 1. The van der Waals surface area contributed by atoms with Crippen molar-refractivity contribution >= 4 is 5.97 Å². The minimum atomic E-state index is -0.294. The lowest BCUT2D eigenvalue weighted by Gasteiger charge is -2.27. The first-order valence-corrected chi connectivity index (χ1v) is 12.7. The molecule has 0 aliphatic heterocycles. The summed E-state index contributed by atoms with van der Waals surface area (Å²) in [6.45, 7) is 4.29. The Balaban J connectivity index is 1.28. The second kappa shape index (κ2) is 11.5. The number of rotatable bonds is 8. The van der Waals surface area contributed by atoms with E-state index in [-0.39, 0.29) is 17.7 Å². The van der Waals surface area contributed by atoms with Crippen LogP contribution in [0.2, 0.25) is 0 Å². The Hall–Kier alpha value is -2.94. The van der Waals surface area contributed by atoms with Crippen LogP contribution in [0.4, 0.5) is 4.39 Å². The predicted molar refractivity (Wildman–Crippen MR) is 136 cm³/mol. The van der Waals surface area contributed by atoms with E-state index in [0.717, 1.165) is 38.5 Å². The highest BCUT2D eigenvalue weighted by molar-refractivity contribution is 5.75. The van der Waals surface area contributed by atoms with Crippen LogP contribution in [0.3, 0.4) is 0 Å². The first kappa shape index (κ1) is 24.2. The Bertz CT molecular complexity index is 1070. The minimum Gasteiger partial charge on any atom is -0.426 e. The fourth-order valence-electron chi connectivity index (χ4n) is 5.10. The van der Waals surface area contributed by atoms with Crippen LogP contribution >= 0.6 is 0 Å². The number of ether oxygens (including phenoxy) is 1. The second-order valence-electron chi connectivity index (χ2n) is 9.73. The molecular formula is C31H35FO2. The highest BCUT2D eigenvalue weighted by Gasteiger charge is 2.28. The molecule has 1 fully saturated rings. The van der Waals surface area contributed by atoms with Gasteiger partial charge in [-0.25, -0.2) is 4.39 Å². The van der Waals surface area contributed by atoms with E-state index in [9.17, 15) is 9.18 Å². The van der Waals surface area contributed by atoms with Crippen LogP contribution in [0.1, 0.15) is 80.0 Å². The molecule has 178 valence electrons. The van der Waals surface area contributed by atoms with Crippen molar-refractivity contribution in [1.82, 2.24) is 0 Å². The lowest BCUT2D eigenvalue weighted by Crippen LogP contribution is -2.25. The molecule has 1 saturated carbocycles. The van der Waals surface area contributed by atoms with Crippen LogP contribution in [0, 0.1) is 11.7 Å². The third-order valence-corrected chi connectivity index (χ3v) is 7.18. The first-order valence-electron chi connectivity index (χ1n) is 12.7. The average molecular weight is 459 g/mol. The van der Waals surface area contributed by atoms with E-state index in [0.29, 0.717) is 29.6 Å². The summed E-state index contributed by atoms with van der Waals surface area (Å²) < 4.78 is 19.7. The van der Waals surface area contributed by atoms with Gasteiger partial charge in [0.15, 0.2) is 0 Å². The van der Waals surface area contributed by atoms with Gasteiger partial charge in [0.1, 0.15) is 11.6 Å². The molecule has 0 amide bonds. The standard InChI is InChI=1S/C31H35FO2/c1-3-7-27-18-19-29(21-30(27)32)34-31(33)28-16-14-26(15-17-28)25-12-10-23(11-13-25)20-22(2)24-8-5-4-6-9-24/h4-6,8-13,18-19,21-22,26,28H,3,7,14-17,20H2,1-2H3. The van der Waals surface area contributed by atoms with Gasteiger partial charge in [-0.2, -0.15) is 0 Å². The van der Waals surface area contributed by atoms with E-state index in [1.54, 1.807) is 12.1 Å². The molecule has 0 radical (unpaired) electrons. The van der Waals surface area contributed by atoms with Gasteiger partial charge in [-0.05, 0) is 78.7 Å². The molecule has 3 aromatic carbocycles. The van der Waals surface area contributed by atoms with E-state index in [1.165, 1.54) is 22.8 Å². The quantitative estimate of drug-likeness (QED) is 0.252. The maximum absolute atomic E-state index is 14.2. The molecule has 0 bridgehead atoms. The minimum absolute atomic E-state index is 0.111. The van der Waals surface area contributed by atoms with Crippen LogP contribution in [0.25, 0.3) is 0 Å². The van der Waals surface area contributed by atoms with Crippen molar-refractivity contribution in [2.24, 2.45) is 5.92 Å². The number of halogens is 1. The predicted octanol–water partition coefficient (Wildman–Crippen LogP) is 8.00. The average Bonchev–Trinajstić information content (AvgIpc) is 2.87. The Labute approximate surface area is 203 Å². The molecule has 0 aromatic heterocycles. The molecule has 0 spiro atoms. The number of aryl methyl sites for hydroxylation is 1.